The van der Waals surface area contributed by atoms with Gasteiger partial charge < -0.3 is 11.1 Å². The summed E-state index contributed by atoms with van der Waals surface area (Å²) in [6.45, 7) is 4.11. The molecule has 0 heterocycles. The van der Waals surface area contributed by atoms with E-state index in [2.05, 4.69) is 24.4 Å². The third-order valence-electron chi connectivity index (χ3n) is 4.39. The molecule has 3 nitrogen and oxygen atoms in total. The van der Waals surface area contributed by atoms with Gasteiger partial charge in [0.05, 0.1) is 6.04 Å². The molecule has 3 N–H and O–H groups in total. The Balaban J connectivity index is 1.92. The number of nitrogens with one attached hydrogen (secondary N) is 1. The van der Waals surface area contributed by atoms with Crippen molar-refractivity contribution in [2.75, 3.05) is 0 Å². The first-order valence-corrected chi connectivity index (χ1v) is 7.64. The second kappa shape index (κ2) is 6.40. The Morgan fingerprint density at radius 3 is 2.60 bits per heavy atom. The van der Waals surface area contributed by atoms with Crippen LogP contribution in [0.4, 0.5) is 0 Å². The van der Waals surface area contributed by atoms with Gasteiger partial charge in [-0.15, -0.1) is 0 Å². The highest BCUT2D eigenvalue weighted by Gasteiger charge is 2.30. The van der Waals surface area contributed by atoms with Crippen molar-refractivity contribution >= 4 is 5.91 Å². The SMILES string of the molecule is Cc1ccccc1[C@H](C)NC(=O)CC1(N)CCCCC1. The van der Waals surface area contributed by atoms with Gasteiger partial charge in [0.25, 0.3) is 0 Å². The molecule has 0 unspecified atom stereocenters. The standard InChI is InChI=1S/C17H26N2O/c1-13-8-4-5-9-15(13)14(2)19-16(20)12-17(18)10-6-3-7-11-17/h4-5,8-9,14H,3,6-7,10-12,18H2,1-2H3,(H,19,20)/t14-/m0/s1. The Hall–Kier alpha value is -1.35. The molecule has 20 heavy (non-hydrogen) atoms. The molecule has 1 fully saturated rings. The van der Waals surface area contributed by atoms with Crippen molar-refractivity contribution in [2.45, 2.75) is 64.0 Å². The predicted octanol–water partition coefficient (Wildman–Crippen LogP) is 3.22. The minimum absolute atomic E-state index is 0.0379. The lowest BCUT2D eigenvalue weighted by Gasteiger charge is -2.33. The second-order valence-electron chi connectivity index (χ2n) is 6.25. The molecule has 0 radical (unpaired) electrons. The van der Waals surface area contributed by atoms with Gasteiger partial charge in [-0.1, -0.05) is 43.5 Å². The van der Waals surface area contributed by atoms with Gasteiger partial charge in [0, 0.05) is 12.0 Å². The largest absolute Gasteiger partial charge is 0.350 e. The first kappa shape index (κ1) is 15.0. The van der Waals surface area contributed by atoms with Crippen LogP contribution in [-0.4, -0.2) is 11.4 Å². The van der Waals surface area contributed by atoms with Crippen molar-refractivity contribution in [3.05, 3.63) is 35.4 Å². The summed E-state index contributed by atoms with van der Waals surface area (Å²) in [4.78, 5) is 12.2. The zero-order valence-corrected chi connectivity index (χ0v) is 12.6. The number of carbonyl (C=O) groups is 1. The van der Waals surface area contributed by atoms with Gasteiger partial charge in [0.1, 0.15) is 0 Å². The average molecular weight is 274 g/mol. The number of carbonyl (C=O) groups excluding carboxylic acids is 1. The Morgan fingerprint density at radius 2 is 1.95 bits per heavy atom. The topological polar surface area (TPSA) is 55.1 Å². The first-order chi connectivity index (χ1) is 9.50. The van der Waals surface area contributed by atoms with E-state index in [9.17, 15) is 4.79 Å². The molecule has 0 aliphatic heterocycles. The highest BCUT2D eigenvalue weighted by atomic mass is 16.1. The minimum atomic E-state index is -0.284. The van der Waals surface area contributed by atoms with E-state index in [1.807, 2.05) is 19.1 Å². The maximum atomic E-state index is 12.2. The van der Waals surface area contributed by atoms with E-state index >= 15 is 0 Å². The van der Waals surface area contributed by atoms with Crippen LogP contribution < -0.4 is 11.1 Å². The summed E-state index contributed by atoms with van der Waals surface area (Å²) in [6, 6.07) is 8.21. The van der Waals surface area contributed by atoms with E-state index in [1.54, 1.807) is 0 Å². The van der Waals surface area contributed by atoms with Gasteiger partial charge in [0.15, 0.2) is 0 Å². The molecular formula is C17H26N2O. The summed E-state index contributed by atoms with van der Waals surface area (Å²) >= 11 is 0. The average Bonchev–Trinajstić information content (AvgIpc) is 2.39. The van der Waals surface area contributed by atoms with Crippen LogP contribution in [0.3, 0.4) is 0 Å². The molecule has 0 saturated heterocycles. The molecule has 3 heteroatoms. The fourth-order valence-electron chi connectivity index (χ4n) is 3.20. The van der Waals surface area contributed by atoms with Gasteiger partial charge in [-0.05, 0) is 37.8 Å². The Bertz CT molecular complexity index is 464. The Morgan fingerprint density at radius 1 is 1.30 bits per heavy atom. The van der Waals surface area contributed by atoms with Crippen molar-refractivity contribution in [3.63, 3.8) is 0 Å². The first-order valence-electron chi connectivity index (χ1n) is 7.64. The van der Waals surface area contributed by atoms with Crippen LogP contribution in [0.25, 0.3) is 0 Å². The number of nitrogens with two attached hydrogens (primary N) is 1. The predicted molar refractivity (Wildman–Crippen MR) is 82.4 cm³/mol. The van der Waals surface area contributed by atoms with Crippen LogP contribution >= 0.6 is 0 Å². The summed E-state index contributed by atoms with van der Waals surface area (Å²) in [7, 11) is 0. The van der Waals surface area contributed by atoms with Crippen LogP contribution in [0, 0.1) is 6.92 Å². The minimum Gasteiger partial charge on any atom is -0.350 e. The number of amides is 1. The highest BCUT2D eigenvalue weighted by molar-refractivity contribution is 5.77. The number of rotatable bonds is 4. The normalized spacial score (nSPS) is 19.4. The van der Waals surface area contributed by atoms with Gasteiger partial charge in [-0.2, -0.15) is 0 Å². The molecule has 0 aromatic heterocycles. The Kier molecular flexibility index (Phi) is 4.81. The van der Waals surface area contributed by atoms with Crippen LogP contribution in [0.2, 0.25) is 0 Å². The third kappa shape index (κ3) is 3.83. The van der Waals surface area contributed by atoms with Crippen molar-refractivity contribution in [2.24, 2.45) is 5.73 Å². The van der Waals surface area contributed by atoms with Gasteiger partial charge in [-0.3, -0.25) is 4.79 Å². The van der Waals surface area contributed by atoms with Crippen LogP contribution in [0.1, 0.15) is 62.6 Å². The van der Waals surface area contributed by atoms with Crippen LogP contribution in [0.15, 0.2) is 24.3 Å². The van der Waals surface area contributed by atoms with E-state index in [0.717, 1.165) is 25.7 Å². The molecule has 1 saturated carbocycles. The molecule has 1 amide bonds. The fraction of sp³-hybridized carbons (Fsp3) is 0.588. The molecule has 1 atom stereocenters. The number of hydrogen-bond acceptors (Lipinski definition) is 2. The molecule has 0 spiro atoms. The maximum absolute atomic E-state index is 12.2. The molecule has 1 aromatic rings. The fourth-order valence-corrected chi connectivity index (χ4v) is 3.20. The molecule has 110 valence electrons. The zero-order valence-electron chi connectivity index (χ0n) is 12.6. The maximum Gasteiger partial charge on any atom is 0.222 e. The van der Waals surface area contributed by atoms with E-state index in [-0.39, 0.29) is 17.5 Å². The van der Waals surface area contributed by atoms with E-state index in [1.165, 1.54) is 17.5 Å². The third-order valence-corrected chi connectivity index (χ3v) is 4.39. The monoisotopic (exact) mass is 274 g/mol. The Labute approximate surface area is 121 Å². The molecule has 1 aromatic carbocycles. The van der Waals surface area contributed by atoms with Crippen molar-refractivity contribution in [3.8, 4) is 0 Å². The summed E-state index contributed by atoms with van der Waals surface area (Å²) in [6.07, 6.45) is 5.94. The van der Waals surface area contributed by atoms with Crippen LogP contribution in [0.5, 0.6) is 0 Å². The van der Waals surface area contributed by atoms with Gasteiger partial charge in [-0.25, -0.2) is 0 Å². The molecular weight excluding hydrogens is 248 g/mol. The van der Waals surface area contributed by atoms with Gasteiger partial charge >= 0.3 is 0 Å². The van der Waals surface area contributed by atoms with E-state index in [4.69, 9.17) is 5.73 Å². The number of aryl methyl sites for hydroxylation is 1. The van der Waals surface area contributed by atoms with E-state index in [0.29, 0.717) is 6.42 Å². The number of benzene rings is 1. The van der Waals surface area contributed by atoms with Crippen molar-refractivity contribution in [1.29, 1.82) is 0 Å². The molecule has 0 bridgehead atoms. The summed E-state index contributed by atoms with van der Waals surface area (Å²) < 4.78 is 0. The summed E-state index contributed by atoms with van der Waals surface area (Å²) in [5.41, 5.74) is 8.44. The summed E-state index contributed by atoms with van der Waals surface area (Å²) in [5, 5.41) is 3.09. The smallest absolute Gasteiger partial charge is 0.222 e. The number of hydrogen-bond donors (Lipinski definition) is 2. The van der Waals surface area contributed by atoms with Gasteiger partial charge in [0.2, 0.25) is 5.91 Å². The lowest BCUT2D eigenvalue weighted by molar-refractivity contribution is -0.123. The molecule has 1 aliphatic carbocycles. The quantitative estimate of drug-likeness (QED) is 0.885. The van der Waals surface area contributed by atoms with E-state index < -0.39 is 0 Å². The zero-order chi connectivity index (χ0) is 14.6. The highest BCUT2D eigenvalue weighted by Crippen LogP contribution is 2.29. The molecule has 1 aliphatic rings. The van der Waals surface area contributed by atoms with Crippen molar-refractivity contribution < 1.29 is 4.79 Å². The lowest BCUT2D eigenvalue weighted by Crippen LogP contribution is -2.46. The summed E-state index contributed by atoms with van der Waals surface area (Å²) in [5.74, 6) is 0.0742. The lowest BCUT2D eigenvalue weighted by atomic mass is 9.80. The van der Waals surface area contributed by atoms with Crippen LogP contribution in [-0.2, 0) is 4.79 Å². The molecule has 2 rings (SSSR count). The van der Waals surface area contributed by atoms with Crippen molar-refractivity contribution in [1.82, 2.24) is 5.32 Å². The second-order valence-corrected chi connectivity index (χ2v) is 6.25.